The summed E-state index contributed by atoms with van der Waals surface area (Å²) in [6.45, 7) is 1.97. The van der Waals surface area contributed by atoms with Gasteiger partial charge in [-0.05, 0) is 28.9 Å². The van der Waals surface area contributed by atoms with E-state index in [4.69, 9.17) is 0 Å². The molecule has 0 aromatic carbocycles. The molecule has 6 heteroatoms. The number of alkyl halides is 1. The molecule has 88 valence electrons. The standard InChI is InChI=1S/C10H11Br2NO3/c1-6-3-7(11)4-13(9(6)14)5-8(12)10(15)16-2/h3-4,8H,5H2,1-2H3. The molecule has 1 heterocycles. The monoisotopic (exact) mass is 351 g/mol. The van der Waals surface area contributed by atoms with Crippen LogP contribution in [0.4, 0.5) is 0 Å². The fourth-order valence-corrected chi connectivity index (χ4v) is 2.34. The van der Waals surface area contributed by atoms with Crippen molar-refractivity contribution >= 4 is 37.8 Å². The summed E-state index contributed by atoms with van der Waals surface area (Å²) in [7, 11) is 1.31. The first kappa shape index (κ1) is 13.4. The van der Waals surface area contributed by atoms with Crippen molar-refractivity contribution in [1.82, 2.24) is 4.57 Å². The maximum absolute atomic E-state index is 11.7. The minimum absolute atomic E-state index is 0.114. The van der Waals surface area contributed by atoms with E-state index in [0.29, 0.717) is 5.56 Å². The van der Waals surface area contributed by atoms with Crippen LogP contribution in [0.1, 0.15) is 5.56 Å². The predicted molar refractivity (Wildman–Crippen MR) is 67.9 cm³/mol. The van der Waals surface area contributed by atoms with Gasteiger partial charge in [-0.3, -0.25) is 9.59 Å². The summed E-state index contributed by atoms with van der Waals surface area (Å²) < 4.78 is 6.84. The molecule has 16 heavy (non-hydrogen) atoms. The van der Waals surface area contributed by atoms with E-state index in [2.05, 4.69) is 36.6 Å². The van der Waals surface area contributed by atoms with E-state index in [1.54, 1.807) is 19.2 Å². The Balaban J connectivity index is 2.98. The molecule has 4 nitrogen and oxygen atoms in total. The first-order valence-electron chi connectivity index (χ1n) is 4.54. The van der Waals surface area contributed by atoms with Crippen LogP contribution in [0.5, 0.6) is 0 Å². The minimum Gasteiger partial charge on any atom is -0.468 e. The van der Waals surface area contributed by atoms with Crippen molar-refractivity contribution in [2.75, 3.05) is 7.11 Å². The van der Waals surface area contributed by atoms with Crippen LogP contribution >= 0.6 is 31.9 Å². The van der Waals surface area contributed by atoms with Crippen LogP contribution in [0.3, 0.4) is 0 Å². The Morgan fingerprint density at radius 3 is 2.81 bits per heavy atom. The Kier molecular flexibility index (Phi) is 4.73. The number of carbonyl (C=O) groups excluding carboxylic acids is 1. The third kappa shape index (κ3) is 3.18. The van der Waals surface area contributed by atoms with Crippen molar-refractivity contribution in [3.63, 3.8) is 0 Å². The van der Waals surface area contributed by atoms with Gasteiger partial charge in [-0.2, -0.15) is 0 Å². The lowest BCUT2D eigenvalue weighted by atomic mass is 10.3. The normalized spacial score (nSPS) is 12.2. The number of carbonyl (C=O) groups is 1. The van der Waals surface area contributed by atoms with Crippen LogP contribution in [0.2, 0.25) is 0 Å². The highest BCUT2D eigenvalue weighted by molar-refractivity contribution is 9.10. The van der Waals surface area contributed by atoms with Crippen LogP contribution in [-0.2, 0) is 16.1 Å². The molecule has 0 spiro atoms. The molecule has 0 aliphatic rings. The van der Waals surface area contributed by atoms with Crippen LogP contribution < -0.4 is 5.56 Å². The molecule has 1 aromatic rings. The molecule has 0 aliphatic heterocycles. The van der Waals surface area contributed by atoms with Crippen molar-refractivity contribution in [3.05, 3.63) is 32.7 Å². The smallest absolute Gasteiger partial charge is 0.321 e. The molecular formula is C10H11Br2NO3. The lowest BCUT2D eigenvalue weighted by molar-refractivity contribution is -0.140. The van der Waals surface area contributed by atoms with Gasteiger partial charge in [0.25, 0.3) is 5.56 Å². The fraction of sp³-hybridized carbons (Fsp3) is 0.400. The molecule has 1 atom stereocenters. The molecule has 0 bridgehead atoms. The fourth-order valence-electron chi connectivity index (χ4n) is 1.25. The maximum Gasteiger partial charge on any atom is 0.321 e. The van der Waals surface area contributed by atoms with E-state index in [9.17, 15) is 9.59 Å². The molecule has 1 unspecified atom stereocenters. The summed E-state index contributed by atoms with van der Waals surface area (Å²) in [6, 6.07) is 1.74. The number of rotatable bonds is 3. The molecule has 0 N–H and O–H groups in total. The highest BCUT2D eigenvalue weighted by atomic mass is 79.9. The Bertz CT molecular complexity index is 456. The number of aryl methyl sites for hydroxylation is 1. The zero-order valence-electron chi connectivity index (χ0n) is 8.87. The zero-order valence-corrected chi connectivity index (χ0v) is 12.0. The number of aromatic nitrogens is 1. The third-order valence-corrected chi connectivity index (χ3v) is 3.14. The number of methoxy groups -OCH3 is 1. The number of pyridine rings is 1. The number of halogens is 2. The second kappa shape index (κ2) is 5.63. The van der Waals surface area contributed by atoms with Gasteiger partial charge in [0.15, 0.2) is 0 Å². The highest BCUT2D eigenvalue weighted by Crippen LogP contribution is 2.10. The second-order valence-corrected chi connectivity index (χ2v) is 5.31. The largest absolute Gasteiger partial charge is 0.468 e. The van der Waals surface area contributed by atoms with Crippen molar-refractivity contribution in [2.24, 2.45) is 0 Å². The van der Waals surface area contributed by atoms with Crippen molar-refractivity contribution in [3.8, 4) is 0 Å². The van der Waals surface area contributed by atoms with Gasteiger partial charge in [0, 0.05) is 22.8 Å². The van der Waals surface area contributed by atoms with Crippen LogP contribution in [0.25, 0.3) is 0 Å². The van der Waals surface area contributed by atoms with Crippen molar-refractivity contribution in [2.45, 2.75) is 18.3 Å². The summed E-state index contributed by atoms with van der Waals surface area (Å²) in [5, 5.41) is 0. The number of hydrogen-bond acceptors (Lipinski definition) is 3. The summed E-state index contributed by atoms with van der Waals surface area (Å²) in [4.78, 5) is 22.4. The van der Waals surface area contributed by atoms with E-state index >= 15 is 0 Å². The topological polar surface area (TPSA) is 48.3 Å². The third-order valence-electron chi connectivity index (χ3n) is 2.05. The molecule has 0 saturated carbocycles. The number of nitrogens with zero attached hydrogens (tertiary/aromatic N) is 1. The number of ether oxygens (including phenoxy) is 1. The molecule has 1 aromatic heterocycles. The second-order valence-electron chi connectivity index (χ2n) is 3.29. The average molecular weight is 353 g/mol. The molecule has 0 radical (unpaired) electrons. The lowest BCUT2D eigenvalue weighted by Gasteiger charge is -2.11. The lowest BCUT2D eigenvalue weighted by Crippen LogP contribution is -2.29. The van der Waals surface area contributed by atoms with Gasteiger partial charge >= 0.3 is 5.97 Å². The Morgan fingerprint density at radius 1 is 1.62 bits per heavy atom. The van der Waals surface area contributed by atoms with Crippen LogP contribution in [-0.4, -0.2) is 22.5 Å². The summed E-state index contributed by atoms with van der Waals surface area (Å²) >= 11 is 6.47. The first-order chi connectivity index (χ1) is 7.45. The Morgan fingerprint density at radius 2 is 2.25 bits per heavy atom. The van der Waals surface area contributed by atoms with E-state index in [-0.39, 0.29) is 12.1 Å². The summed E-state index contributed by atoms with van der Waals surface area (Å²) in [6.07, 6.45) is 1.65. The zero-order chi connectivity index (χ0) is 12.3. The Hall–Kier alpha value is -0.620. The van der Waals surface area contributed by atoms with E-state index < -0.39 is 10.8 Å². The molecule has 0 amide bonds. The van der Waals surface area contributed by atoms with Gasteiger partial charge in [0.05, 0.1) is 7.11 Å². The number of esters is 1. The Labute approximate surface area is 110 Å². The van der Waals surface area contributed by atoms with Crippen LogP contribution in [0, 0.1) is 6.92 Å². The SMILES string of the molecule is COC(=O)C(Br)Cn1cc(Br)cc(C)c1=O. The minimum atomic E-state index is -0.524. The van der Waals surface area contributed by atoms with Crippen molar-refractivity contribution in [1.29, 1.82) is 0 Å². The van der Waals surface area contributed by atoms with Crippen molar-refractivity contribution < 1.29 is 9.53 Å². The van der Waals surface area contributed by atoms with Gasteiger partial charge in [-0.25, -0.2) is 0 Å². The molecule has 0 fully saturated rings. The van der Waals surface area contributed by atoms with E-state index in [1.165, 1.54) is 11.7 Å². The highest BCUT2D eigenvalue weighted by Gasteiger charge is 2.16. The van der Waals surface area contributed by atoms with Gasteiger partial charge < -0.3 is 9.30 Å². The maximum atomic E-state index is 11.7. The van der Waals surface area contributed by atoms with Gasteiger partial charge in [0.1, 0.15) is 4.83 Å². The van der Waals surface area contributed by atoms with E-state index in [1.807, 2.05) is 0 Å². The first-order valence-corrected chi connectivity index (χ1v) is 6.25. The summed E-state index contributed by atoms with van der Waals surface area (Å²) in [5.74, 6) is -0.399. The summed E-state index contributed by atoms with van der Waals surface area (Å²) in [5.41, 5.74) is 0.510. The van der Waals surface area contributed by atoms with Gasteiger partial charge in [-0.1, -0.05) is 15.9 Å². The van der Waals surface area contributed by atoms with Crippen LogP contribution in [0.15, 0.2) is 21.5 Å². The molecular weight excluding hydrogens is 342 g/mol. The van der Waals surface area contributed by atoms with E-state index in [0.717, 1.165) is 4.47 Å². The molecule has 0 saturated heterocycles. The number of hydrogen-bond donors (Lipinski definition) is 0. The van der Waals surface area contributed by atoms with Gasteiger partial charge in [-0.15, -0.1) is 0 Å². The average Bonchev–Trinajstić information content (AvgIpc) is 2.23. The van der Waals surface area contributed by atoms with Gasteiger partial charge in [0.2, 0.25) is 0 Å². The predicted octanol–water partition coefficient (Wildman–Crippen LogP) is 1.86. The quantitative estimate of drug-likeness (QED) is 0.616. The molecule has 1 rings (SSSR count). The molecule has 0 aliphatic carbocycles.